The minimum atomic E-state index is -0.931. The van der Waals surface area contributed by atoms with Gasteiger partial charge < -0.3 is 10.0 Å². The number of amides is 1. The summed E-state index contributed by atoms with van der Waals surface area (Å²) in [5.41, 5.74) is -0.896. The summed E-state index contributed by atoms with van der Waals surface area (Å²) in [7, 11) is 0. The van der Waals surface area contributed by atoms with Gasteiger partial charge in [-0.3, -0.25) is 14.2 Å². The van der Waals surface area contributed by atoms with E-state index >= 15 is 0 Å². The van der Waals surface area contributed by atoms with E-state index < -0.39 is 28.5 Å². The number of pyridine rings is 2. The molecule has 0 fully saturated rings. The van der Waals surface area contributed by atoms with Crippen LogP contribution in [0, 0.1) is 17.0 Å². The van der Waals surface area contributed by atoms with Gasteiger partial charge in [-0.1, -0.05) is 61.3 Å². The highest BCUT2D eigenvalue weighted by Crippen LogP contribution is 2.28. The summed E-state index contributed by atoms with van der Waals surface area (Å²) >= 11 is 12.6. The molecule has 1 amide bonds. The number of hydrogen-bond acceptors (Lipinski definition) is 5. The maximum Gasteiger partial charge on any atom is 0.255 e. The van der Waals surface area contributed by atoms with Crippen molar-refractivity contribution in [3.63, 3.8) is 0 Å². The Hall–Kier alpha value is -4.28. The van der Waals surface area contributed by atoms with E-state index in [1.54, 1.807) is 45.0 Å². The van der Waals surface area contributed by atoms with Crippen LogP contribution < -0.4 is 11.0 Å². The van der Waals surface area contributed by atoms with Crippen molar-refractivity contribution in [1.29, 1.82) is 0 Å². The highest BCUT2D eigenvalue weighted by Gasteiger charge is 2.21. The minimum absolute atomic E-state index is 0.0245. The highest BCUT2D eigenvalue weighted by atomic mass is 35.5. The SMILES string of the molecule is CC(C)(C)C(=O)N=c1cccc(CO/N=C(\c2ccc(=O)n(-c3c(Cl)cccc3Cl)c2)c2ccc(F)cc2F)n1O. The lowest BCUT2D eigenvalue weighted by Crippen LogP contribution is -2.27. The van der Waals surface area contributed by atoms with Crippen LogP contribution in [0.25, 0.3) is 5.69 Å². The first kappa shape index (κ1) is 29.7. The third-order valence-corrected chi connectivity index (χ3v) is 6.41. The number of carbonyl (C=O) groups is 1. The number of oxime groups is 1. The van der Waals surface area contributed by atoms with Gasteiger partial charge in [0.25, 0.3) is 11.5 Å². The quantitative estimate of drug-likeness (QED) is 0.169. The Morgan fingerprint density at radius 3 is 2.34 bits per heavy atom. The zero-order valence-electron chi connectivity index (χ0n) is 22.1. The smallest absolute Gasteiger partial charge is 0.255 e. The lowest BCUT2D eigenvalue weighted by atomic mass is 9.96. The Labute approximate surface area is 243 Å². The maximum absolute atomic E-state index is 14.9. The normalized spacial score (nSPS) is 12.5. The molecular weight excluding hydrogens is 577 g/mol. The molecule has 41 heavy (non-hydrogen) atoms. The molecule has 0 saturated heterocycles. The molecule has 4 aromatic rings. The van der Waals surface area contributed by atoms with Gasteiger partial charge >= 0.3 is 0 Å². The number of benzene rings is 2. The molecule has 0 atom stereocenters. The third kappa shape index (κ3) is 6.72. The van der Waals surface area contributed by atoms with Crippen LogP contribution in [0.5, 0.6) is 0 Å². The van der Waals surface area contributed by atoms with E-state index in [2.05, 4.69) is 10.1 Å². The molecule has 0 spiro atoms. The van der Waals surface area contributed by atoms with E-state index in [0.29, 0.717) is 10.8 Å². The first-order chi connectivity index (χ1) is 19.4. The highest BCUT2D eigenvalue weighted by molar-refractivity contribution is 6.37. The Morgan fingerprint density at radius 1 is 1.00 bits per heavy atom. The molecule has 8 nitrogen and oxygen atoms in total. The number of carbonyl (C=O) groups excluding carboxylic acids is 1. The van der Waals surface area contributed by atoms with Crippen molar-refractivity contribution in [3.05, 3.63) is 127 Å². The zero-order valence-corrected chi connectivity index (χ0v) is 23.6. The number of rotatable bonds is 6. The second-order valence-corrected chi connectivity index (χ2v) is 10.7. The molecule has 2 aromatic carbocycles. The molecule has 4 rings (SSSR count). The fourth-order valence-corrected chi connectivity index (χ4v) is 4.20. The van der Waals surface area contributed by atoms with Crippen LogP contribution in [0.3, 0.4) is 0 Å². The van der Waals surface area contributed by atoms with E-state index in [1.807, 2.05) is 0 Å². The molecule has 2 heterocycles. The molecule has 0 aliphatic heterocycles. The first-order valence-electron chi connectivity index (χ1n) is 12.2. The largest absolute Gasteiger partial charge is 0.427 e. The molecular formula is C29H24Cl2F2N4O4. The van der Waals surface area contributed by atoms with Gasteiger partial charge in [0.1, 0.15) is 17.3 Å². The van der Waals surface area contributed by atoms with Crippen molar-refractivity contribution in [2.24, 2.45) is 15.6 Å². The summed E-state index contributed by atoms with van der Waals surface area (Å²) in [6.45, 7) is 4.76. The van der Waals surface area contributed by atoms with Gasteiger partial charge in [0.2, 0.25) is 0 Å². The lowest BCUT2D eigenvalue weighted by molar-refractivity contribution is -0.125. The van der Waals surface area contributed by atoms with Crippen molar-refractivity contribution >= 4 is 34.8 Å². The number of para-hydroxylation sites is 1. The van der Waals surface area contributed by atoms with Crippen molar-refractivity contribution < 1.29 is 23.6 Å². The van der Waals surface area contributed by atoms with Crippen molar-refractivity contribution in [3.8, 4) is 5.69 Å². The Bertz CT molecular complexity index is 1770. The molecule has 0 aliphatic rings. The van der Waals surface area contributed by atoms with Crippen molar-refractivity contribution in [1.82, 2.24) is 9.30 Å². The molecule has 0 bridgehead atoms. The fourth-order valence-electron chi connectivity index (χ4n) is 3.62. The Morgan fingerprint density at radius 2 is 1.68 bits per heavy atom. The Kier molecular flexibility index (Phi) is 8.74. The van der Waals surface area contributed by atoms with Gasteiger partial charge in [-0.2, -0.15) is 9.72 Å². The van der Waals surface area contributed by atoms with Gasteiger partial charge in [0.05, 0.1) is 21.4 Å². The van der Waals surface area contributed by atoms with Gasteiger partial charge in [0, 0.05) is 34.9 Å². The summed E-state index contributed by atoms with van der Waals surface area (Å²) in [4.78, 5) is 34.5. The van der Waals surface area contributed by atoms with E-state index in [4.69, 9.17) is 28.0 Å². The minimum Gasteiger partial charge on any atom is -0.427 e. The average molecular weight is 601 g/mol. The van der Waals surface area contributed by atoms with Crippen LogP contribution in [0.4, 0.5) is 8.78 Å². The summed E-state index contributed by atoms with van der Waals surface area (Å²) in [5, 5.41) is 15.1. The summed E-state index contributed by atoms with van der Waals surface area (Å²) in [5.74, 6) is -2.18. The van der Waals surface area contributed by atoms with Gasteiger partial charge in [-0.25, -0.2) is 8.78 Å². The molecule has 0 radical (unpaired) electrons. The zero-order chi connectivity index (χ0) is 29.9. The molecule has 2 aromatic heterocycles. The summed E-state index contributed by atoms with van der Waals surface area (Å²) in [6.07, 6.45) is 1.35. The lowest BCUT2D eigenvalue weighted by Gasteiger charge is -2.14. The van der Waals surface area contributed by atoms with Gasteiger partial charge in [-0.05, 0) is 42.5 Å². The van der Waals surface area contributed by atoms with Crippen molar-refractivity contribution in [2.45, 2.75) is 27.4 Å². The van der Waals surface area contributed by atoms with Crippen LogP contribution in [-0.2, 0) is 16.2 Å². The number of hydrogen-bond donors (Lipinski definition) is 1. The summed E-state index contributed by atoms with van der Waals surface area (Å²) < 4.78 is 30.5. The van der Waals surface area contributed by atoms with Gasteiger partial charge in [-0.15, -0.1) is 0 Å². The number of aromatic nitrogens is 2. The van der Waals surface area contributed by atoms with E-state index in [9.17, 15) is 23.6 Å². The molecule has 0 aliphatic carbocycles. The molecule has 12 heteroatoms. The number of halogens is 4. The first-order valence-corrected chi connectivity index (χ1v) is 12.9. The second kappa shape index (κ2) is 12.1. The molecule has 212 valence electrons. The van der Waals surface area contributed by atoms with E-state index in [-0.39, 0.29) is 50.4 Å². The fraction of sp³-hybridized carbons (Fsp3) is 0.172. The van der Waals surface area contributed by atoms with Gasteiger partial charge in [0.15, 0.2) is 12.1 Å². The van der Waals surface area contributed by atoms with Crippen LogP contribution in [0.15, 0.2) is 87.9 Å². The molecule has 1 N–H and O–H groups in total. The second-order valence-electron chi connectivity index (χ2n) is 9.89. The third-order valence-electron chi connectivity index (χ3n) is 5.80. The number of nitrogens with zero attached hydrogens (tertiary/aromatic N) is 4. The molecule has 0 unspecified atom stereocenters. The maximum atomic E-state index is 14.9. The topological polar surface area (TPSA) is 98.2 Å². The predicted molar refractivity (Wildman–Crippen MR) is 150 cm³/mol. The summed E-state index contributed by atoms with van der Waals surface area (Å²) in [6, 6.07) is 14.8. The van der Waals surface area contributed by atoms with Crippen LogP contribution in [0.1, 0.15) is 37.6 Å². The van der Waals surface area contributed by atoms with Crippen LogP contribution in [0.2, 0.25) is 10.0 Å². The van der Waals surface area contributed by atoms with Crippen LogP contribution in [-0.4, -0.2) is 26.1 Å². The Balaban J connectivity index is 1.78. The predicted octanol–water partition coefficient (Wildman–Crippen LogP) is 5.90. The average Bonchev–Trinajstić information content (AvgIpc) is 2.89. The van der Waals surface area contributed by atoms with E-state index in [1.165, 1.54) is 41.1 Å². The monoisotopic (exact) mass is 600 g/mol. The molecule has 0 saturated carbocycles. The van der Waals surface area contributed by atoms with Crippen molar-refractivity contribution in [2.75, 3.05) is 0 Å². The van der Waals surface area contributed by atoms with E-state index in [0.717, 1.165) is 6.07 Å². The van der Waals surface area contributed by atoms with Crippen LogP contribution >= 0.6 is 23.2 Å². The standard InChI is InChI=1S/C29H24Cl2F2N4O4/c1-29(2,3)28(39)34-24-9-4-6-19(37(24)40)16-41-35-26(20-12-11-18(32)14-23(20)33)17-10-13-25(38)36(15-17)27-21(30)7-5-8-22(27)31/h4-15,40H,16H2,1-3H3/b34-24?,35-26+.